The first-order chi connectivity index (χ1) is 8.28. The molecule has 0 spiro atoms. The van der Waals surface area contributed by atoms with Crippen molar-refractivity contribution >= 4 is 0 Å². The fourth-order valence-corrected chi connectivity index (χ4v) is 1.71. The van der Waals surface area contributed by atoms with Crippen LogP contribution in [0.15, 0.2) is 12.1 Å². The summed E-state index contributed by atoms with van der Waals surface area (Å²) in [7, 11) is 0. The molecule has 0 bridgehead atoms. The molecule has 0 saturated heterocycles. The van der Waals surface area contributed by atoms with Crippen LogP contribution in [0.2, 0.25) is 0 Å². The number of ether oxygens (including phenoxy) is 1. The fraction of sp³-hybridized carbons (Fsp3) is 0.692. The Morgan fingerprint density at radius 3 is 2.82 bits per heavy atom. The summed E-state index contributed by atoms with van der Waals surface area (Å²) in [5, 5.41) is 11.7. The maximum absolute atomic E-state index is 5.65. The van der Waals surface area contributed by atoms with E-state index < -0.39 is 0 Å². The van der Waals surface area contributed by atoms with E-state index in [1.807, 2.05) is 12.1 Å². The van der Waals surface area contributed by atoms with Crippen LogP contribution in [0.4, 0.5) is 0 Å². The molecular formula is C13H21N3O. The molecule has 0 aliphatic heterocycles. The highest BCUT2D eigenvalue weighted by Gasteiger charge is 2.20. The van der Waals surface area contributed by atoms with Crippen LogP contribution in [0.25, 0.3) is 0 Å². The molecule has 2 rings (SSSR count). The van der Waals surface area contributed by atoms with Crippen molar-refractivity contribution in [1.29, 1.82) is 0 Å². The van der Waals surface area contributed by atoms with Crippen molar-refractivity contribution in [3.8, 4) is 5.88 Å². The second-order valence-electron chi connectivity index (χ2n) is 4.74. The molecule has 1 aromatic rings. The number of nitrogens with one attached hydrogen (secondary N) is 1. The van der Waals surface area contributed by atoms with Crippen molar-refractivity contribution in [2.24, 2.45) is 0 Å². The molecule has 1 saturated carbocycles. The van der Waals surface area contributed by atoms with Gasteiger partial charge in [0.2, 0.25) is 5.88 Å². The Balaban J connectivity index is 1.79. The molecule has 1 atom stereocenters. The van der Waals surface area contributed by atoms with Gasteiger partial charge in [-0.05, 0) is 32.3 Å². The Hall–Kier alpha value is -1.16. The summed E-state index contributed by atoms with van der Waals surface area (Å²) in [6, 6.07) is 4.59. The molecule has 0 aromatic carbocycles. The average Bonchev–Trinajstić information content (AvgIpc) is 3.12. The van der Waals surface area contributed by atoms with Crippen LogP contribution in [-0.4, -0.2) is 22.3 Å². The van der Waals surface area contributed by atoms with E-state index in [1.54, 1.807) is 0 Å². The molecule has 1 fully saturated rings. The van der Waals surface area contributed by atoms with Crippen LogP contribution in [0, 0.1) is 0 Å². The minimum Gasteiger partial charge on any atom is -0.474 e. The van der Waals surface area contributed by atoms with E-state index in [9.17, 15) is 0 Å². The van der Waals surface area contributed by atoms with Crippen LogP contribution < -0.4 is 10.1 Å². The van der Waals surface area contributed by atoms with Crippen molar-refractivity contribution in [2.45, 2.75) is 58.2 Å². The smallest absolute Gasteiger partial charge is 0.233 e. The van der Waals surface area contributed by atoms with Gasteiger partial charge in [0.05, 0.1) is 11.8 Å². The van der Waals surface area contributed by atoms with E-state index in [0.29, 0.717) is 11.9 Å². The van der Waals surface area contributed by atoms with E-state index >= 15 is 0 Å². The average molecular weight is 235 g/mol. The Morgan fingerprint density at radius 2 is 2.24 bits per heavy atom. The highest BCUT2D eigenvalue weighted by atomic mass is 16.5. The molecule has 4 heteroatoms. The molecule has 1 heterocycles. The lowest BCUT2D eigenvalue weighted by Gasteiger charge is -2.12. The topological polar surface area (TPSA) is 47.0 Å². The summed E-state index contributed by atoms with van der Waals surface area (Å²) in [4.78, 5) is 0. The van der Waals surface area contributed by atoms with Crippen molar-refractivity contribution in [1.82, 2.24) is 15.5 Å². The van der Waals surface area contributed by atoms with Gasteiger partial charge in [-0.1, -0.05) is 13.3 Å². The van der Waals surface area contributed by atoms with Gasteiger partial charge in [0.25, 0.3) is 0 Å². The SMILES string of the molecule is CCCC(C)Oc1ccc(CNC2CC2)nn1. The van der Waals surface area contributed by atoms with Crippen molar-refractivity contribution in [3.63, 3.8) is 0 Å². The second kappa shape index (κ2) is 5.96. The number of hydrogen-bond acceptors (Lipinski definition) is 4. The van der Waals surface area contributed by atoms with E-state index in [-0.39, 0.29) is 6.10 Å². The zero-order chi connectivity index (χ0) is 12.1. The molecule has 0 amide bonds. The summed E-state index contributed by atoms with van der Waals surface area (Å²) in [6.07, 6.45) is 4.97. The van der Waals surface area contributed by atoms with Crippen molar-refractivity contribution < 1.29 is 4.74 Å². The number of aromatic nitrogens is 2. The lowest BCUT2D eigenvalue weighted by molar-refractivity contribution is 0.199. The van der Waals surface area contributed by atoms with E-state index in [0.717, 1.165) is 25.1 Å². The van der Waals surface area contributed by atoms with Crippen LogP contribution >= 0.6 is 0 Å². The maximum atomic E-state index is 5.65. The minimum atomic E-state index is 0.213. The third-order valence-corrected chi connectivity index (χ3v) is 2.86. The number of nitrogens with zero attached hydrogens (tertiary/aromatic N) is 2. The van der Waals surface area contributed by atoms with Gasteiger partial charge >= 0.3 is 0 Å². The third kappa shape index (κ3) is 4.30. The van der Waals surface area contributed by atoms with Crippen LogP contribution in [-0.2, 0) is 6.54 Å². The lowest BCUT2D eigenvalue weighted by atomic mass is 10.2. The molecule has 0 radical (unpaired) electrons. The van der Waals surface area contributed by atoms with E-state index in [4.69, 9.17) is 4.74 Å². The molecule has 1 aliphatic carbocycles. The van der Waals surface area contributed by atoms with Gasteiger partial charge in [-0.15, -0.1) is 5.10 Å². The van der Waals surface area contributed by atoms with E-state index in [2.05, 4.69) is 29.4 Å². The van der Waals surface area contributed by atoms with Crippen LogP contribution in [0.1, 0.15) is 45.2 Å². The Morgan fingerprint density at radius 1 is 1.41 bits per heavy atom. The summed E-state index contributed by atoms with van der Waals surface area (Å²) in [6.45, 7) is 5.02. The molecule has 94 valence electrons. The fourth-order valence-electron chi connectivity index (χ4n) is 1.71. The first-order valence-electron chi connectivity index (χ1n) is 6.50. The van der Waals surface area contributed by atoms with Crippen LogP contribution in [0.5, 0.6) is 5.88 Å². The van der Waals surface area contributed by atoms with Gasteiger partial charge in [-0.3, -0.25) is 0 Å². The van der Waals surface area contributed by atoms with Crippen LogP contribution in [0.3, 0.4) is 0 Å². The normalized spacial score (nSPS) is 16.8. The Labute approximate surface area is 103 Å². The van der Waals surface area contributed by atoms with Gasteiger partial charge in [0.1, 0.15) is 0 Å². The zero-order valence-corrected chi connectivity index (χ0v) is 10.6. The Bertz CT molecular complexity index is 335. The third-order valence-electron chi connectivity index (χ3n) is 2.86. The first-order valence-corrected chi connectivity index (χ1v) is 6.50. The highest BCUT2D eigenvalue weighted by molar-refractivity contribution is 5.11. The summed E-state index contributed by atoms with van der Waals surface area (Å²) in [5.74, 6) is 0.626. The predicted molar refractivity (Wildman–Crippen MR) is 66.9 cm³/mol. The molecule has 1 unspecified atom stereocenters. The monoisotopic (exact) mass is 235 g/mol. The zero-order valence-electron chi connectivity index (χ0n) is 10.6. The summed E-state index contributed by atoms with van der Waals surface area (Å²) < 4.78 is 5.65. The summed E-state index contributed by atoms with van der Waals surface area (Å²) in [5.41, 5.74) is 0.979. The quantitative estimate of drug-likeness (QED) is 0.787. The molecule has 17 heavy (non-hydrogen) atoms. The second-order valence-corrected chi connectivity index (χ2v) is 4.74. The Kier molecular flexibility index (Phi) is 4.31. The molecule has 1 aliphatic rings. The number of hydrogen-bond donors (Lipinski definition) is 1. The predicted octanol–water partition coefficient (Wildman–Crippen LogP) is 2.30. The first kappa shape index (κ1) is 12.3. The van der Waals surface area contributed by atoms with Gasteiger partial charge < -0.3 is 10.1 Å². The highest BCUT2D eigenvalue weighted by Crippen LogP contribution is 2.19. The minimum absolute atomic E-state index is 0.213. The maximum Gasteiger partial charge on any atom is 0.233 e. The van der Waals surface area contributed by atoms with Gasteiger partial charge in [-0.2, -0.15) is 5.10 Å². The summed E-state index contributed by atoms with van der Waals surface area (Å²) >= 11 is 0. The van der Waals surface area contributed by atoms with Gasteiger partial charge in [0, 0.05) is 18.7 Å². The van der Waals surface area contributed by atoms with Gasteiger partial charge in [0.15, 0.2) is 0 Å². The molecule has 1 aromatic heterocycles. The lowest BCUT2D eigenvalue weighted by Crippen LogP contribution is -2.17. The standard InChI is InChI=1S/C13H21N3O/c1-3-4-10(2)17-13-8-7-12(15-16-13)9-14-11-5-6-11/h7-8,10-11,14H,3-6,9H2,1-2H3. The largest absolute Gasteiger partial charge is 0.474 e. The number of rotatable bonds is 7. The van der Waals surface area contributed by atoms with Gasteiger partial charge in [-0.25, -0.2) is 0 Å². The van der Waals surface area contributed by atoms with E-state index in [1.165, 1.54) is 12.8 Å². The van der Waals surface area contributed by atoms with Crippen molar-refractivity contribution in [3.05, 3.63) is 17.8 Å². The molecule has 4 nitrogen and oxygen atoms in total. The molecular weight excluding hydrogens is 214 g/mol. The molecule has 1 N–H and O–H groups in total. The van der Waals surface area contributed by atoms with Crippen molar-refractivity contribution in [2.75, 3.05) is 0 Å².